The lowest BCUT2D eigenvalue weighted by Gasteiger charge is -2.32. The summed E-state index contributed by atoms with van der Waals surface area (Å²) in [5, 5.41) is 2.94. The second-order valence-electron chi connectivity index (χ2n) is 6.68. The molecule has 1 aliphatic heterocycles. The molecule has 0 radical (unpaired) electrons. The van der Waals surface area contributed by atoms with Gasteiger partial charge >= 0.3 is 0 Å². The Morgan fingerprint density at radius 2 is 1.96 bits per heavy atom. The fourth-order valence-corrected chi connectivity index (χ4v) is 3.28. The molecule has 0 bridgehead atoms. The molecule has 2 amide bonds. The first-order chi connectivity index (χ1) is 12.6. The molecule has 0 aliphatic carbocycles. The normalized spacial score (nSPS) is 16.8. The van der Waals surface area contributed by atoms with Crippen molar-refractivity contribution in [1.29, 1.82) is 0 Å². The number of piperidine rings is 1. The molecular weight excluding hydrogens is 328 g/mol. The lowest BCUT2D eigenvalue weighted by Crippen LogP contribution is -2.43. The molecule has 1 aliphatic rings. The third-order valence-electron chi connectivity index (χ3n) is 4.68. The first kappa shape index (κ1) is 18.0. The van der Waals surface area contributed by atoms with Crippen molar-refractivity contribution in [3.63, 3.8) is 0 Å². The van der Waals surface area contributed by atoms with Gasteiger partial charge in [0.1, 0.15) is 5.75 Å². The molecule has 1 heterocycles. The lowest BCUT2D eigenvalue weighted by atomic mass is 9.96. The zero-order valence-electron chi connectivity index (χ0n) is 15.2. The molecular formula is C21H24N2O3. The minimum absolute atomic E-state index is 0.00687. The van der Waals surface area contributed by atoms with Gasteiger partial charge in [0.25, 0.3) is 5.91 Å². The average molecular weight is 352 g/mol. The fraction of sp³-hybridized carbons (Fsp3) is 0.333. The van der Waals surface area contributed by atoms with E-state index in [1.807, 2.05) is 49.4 Å². The van der Waals surface area contributed by atoms with Crippen molar-refractivity contribution in [3.05, 3.63) is 59.7 Å². The Kier molecular flexibility index (Phi) is 5.56. The third-order valence-corrected chi connectivity index (χ3v) is 4.68. The van der Waals surface area contributed by atoms with E-state index in [1.54, 1.807) is 18.1 Å². The standard InChI is InChI=1S/C21H24N2O3/c1-15-6-3-7-16(12-15)21(25)23-11-5-8-17(14-23)20(24)22-18-9-4-10-19(13-18)26-2/h3-4,6-7,9-10,12-13,17H,5,8,11,14H2,1-2H3,(H,22,24)/t17-/m1/s1. The number of anilines is 1. The Bertz CT molecular complexity index is 803. The number of nitrogens with zero attached hydrogens (tertiary/aromatic N) is 1. The van der Waals surface area contributed by atoms with E-state index in [0.29, 0.717) is 30.1 Å². The van der Waals surface area contributed by atoms with Crippen molar-refractivity contribution in [1.82, 2.24) is 4.90 Å². The van der Waals surface area contributed by atoms with Crippen LogP contribution in [0.4, 0.5) is 5.69 Å². The molecule has 0 aromatic heterocycles. The van der Waals surface area contributed by atoms with Gasteiger partial charge in [0.05, 0.1) is 13.0 Å². The number of carbonyl (C=O) groups is 2. The highest BCUT2D eigenvalue weighted by Crippen LogP contribution is 2.22. The number of carbonyl (C=O) groups excluding carboxylic acids is 2. The molecule has 2 aromatic carbocycles. The summed E-state index contributed by atoms with van der Waals surface area (Å²) in [5.74, 6) is 0.430. The second-order valence-corrected chi connectivity index (χ2v) is 6.68. The summed E-state index contributed by atoms with van der Waals surface area (Å²) in [7, 11) is 1.59. The molecule has 1 N–H and O–H groups in total. The highest BCUT2D eigenvalue weighted by atomic mass is 16.5. The van der Waals surface area contributed by atoms with E-state index < -0.39 is 0 Å². The zero-order valence-corrected chi connectivity index (χ0v) is 15.2. The van der Waals surface area contributed by atoms with Gasteiger partial charge in [-0.05, 0) is 44.0 Å². The topological polar surface area (TPSA) is 58.6 Å². The quantitative estimate of drug-likeness (QED) is 0.916. The summed E-state index contributed by atoms with van der Waals surface area (Å²) >= 11 is 0. The Balaban J connectivity index is 1.65. The van der Waals surface area contributed by atoms with Crippen LogP contribution in [0, 0.1) is 12.8 Å². The van der Waals surface area contributed by atoms with Gasteiger partial charge in [0.15, 0.2) is 0 Å². The monoisotopic (exact) mass is 352 g/mol. The number of rotatable bonds is 4. The third kappa shape index (κ3) is 4.23. The van der Waals surface area contributed by atoms with Crippen LogP contribution in [0.3, 0.4) is 0 Å². The molecule has 0 unspecified atom stereocenters. The molecule has 2 aromatic rings. The summed E-state index contributed by atoms with van der Waals surface area (Å²) < 4.78 is 5.18. The number of hydrogen-bond donors (Lipinski definition) is 1. The van der Waals surface area contributed by atoms with E-state index in [1.165, 1.54) is 0 Å². The molecule has 0 spiro atoms. The van der Waals surface area contributed by atoms with E-state index in [4.69, 9.17) is 4.74 Å². The Hall–Kier alpha value is -2.82. The number of nitrogens with one attached hydrogen (secondary N) is 1. The SMILES string of the molecule is COc1cccc(NC(=O)[C@@H]2CCCN(C(=O)c3cccc(C)c3)C2)c1. The maximum atomic E-state index is 12.7. The Morgan fingerprint density at radius 3 is 2.73 bits per heavy atom. The van der Waals surface area contributed by atoms with Gasteiger partial charge in [-0.25, -0.2) is 0 Å². The molecule has 136 valence electrons. The predicted octanol–water partition coefficient (Wildman–Crippen LogP) is 3.49. The summed E-state index contributed by atoms with van der Waals surface area (Å²) in [6, 6.07) is 14.9. The van der Waals surface area contributed by atoms with Gasteiger partial charge in [-0.1, -0.05) is 23.8 Å². The number of likely N-dealkylation sites (tertiary alicyclic amines) is 1. The number of methoxy groups -OCH3 is 1. The number of amides is 2. The van der Waals surface area contributed by atoms with Gasteiger partial charge in [0.2, 0.25) is 5.91 Å². The molecule has 1 fully saturated rings. The van der Waals surface area contributed by atoms with Crippen LogP contribution in [-0.2, 0) is 4.79 Å². The molecule has 26 heavy (non-hydrogen) atoms. The van der Waals surface area contributed by atoms with Gasteiger partial charge in [-0.2, -0.15) is 0 Å². The average Bonchev–Trinajstić information content (AvgIpc) is 2.67. The van der Waals surface area contributed by atoms with Crippen LogP contribution in [0.15, 0.2) is 48.5 Å². The summed E-state index contributed by atoms with van der Waals surface area (Å²) in [4.78, 5) is 27.2. The van der Waals surface area contributed by atoms with Crippen LogP contribution in [0.25, 0.3) is 0 Å². The van der Waals surface area contributed by atoms with Crippen molar-refractivity contribution in [2.75, 3.05) is 25.5 Å². The summed E-state index contributed by atoms with van der Waals surface area (Å²) in [5.41, 5.74) is 2.44. The number of aryl methyl sites for hydroxylation is 1. The smallest absolute Gasteiger partial charge is 0.253 e. The molecule has 5 nitrogen and oxygen atoms in total. The van der Waals surface area contributed by atoms with Crippen LogP contribution in [-0.4, -0.2) is 36.9 Å². The van der Waals surface area contributed by atoms with Crippen LogP contribution in [0.1, 0.15) is 28.8 Å². The van der Waals surface area contributed by atoms with Crippen LogP contribution < -0.4 is 10.1 Å². The van der Waals surface area contributed by atoms with Gasteiger partial charge < -0.3 is 15.0 Å². The maximum Gasteiger partial charge on any atom is 0.253 e. The zero-order chi connectivity index (χ0) is 18.5. The Morgan fingerprint density at radius 1 is 1.15 bits per heavy atom. The largest absolute Gasteiger partial charge is 0.497 e. The number of ether oxygens (including phenoxy) is 1. The van der Waals surface area contributed by atoms with Crippen molar-refractivity contribution in [2.24, 2.45) is 5.92 Å². The maximum absolute atomic E-state index is 12.7. The Labute approximate surface area is 154 Å². The number of benzene rings is 2. The van der Waals surface area contributed by atoms with Crippen molar-refractivity contribution in [2.45, 2.75) is 19.8 Å². The lowest BCUT2D eigenvalue weighted by molar-refractivity contribution is -0.121. The predicted molar refractivity (Wildman–Crippen MR) is 101 cm³/mol. The molecule has 5 heteroatoms. The van der Waals surface area contributed by atoms with Crippen LogP contribution in [0.2, 0.25) is 0 Å². The highest BCUT2D eigenvalue weighted by Gasteiger charge is 2.29. The van der Waals surface area contributed by atoms with Crippen molar-refractivity contribution < 1.29 is 14.3 Å². The van der Waals surface area contributed by atoms with E-state index in [2.05, 4.69) is 5.32 Å². The first-order valence-electron chi connectivity index (χ1n) is 8.87. The molecule has 1 atom stereocenters. The molecule has 1 saturated heterocycles. The van der Waals surface area contributed by atoms with Gasteiger partial charge in [0, 0.05) is 30.4 Å². The van der Waals surface area contributed by atoms with Crippen LogP contribution >= 0.6 is 0 Å². The second kappa shape index (κ2) is 8.04. The highest BCUT2D eigenvalue weighted by molar-refractivity contribution is 5.96. The molecule has 3 rings (SSSR count). The van der Waals surface area contributed by atoms with E-state index >= 15 is 0 Å². The van der Waals surface area contributed by atoms with E-state index in [-0.39, 0.29) is 17.7 Å². The molecule has 0 saturated carbocycles. The fourth-order valence-electron chi connectivity index (χ4n) is 3.28. The van der Waals surface area contributed by atoms with Gasteiger partial charge in [-0.3, -0.25) is 9.59 Å². The van der Waals surface area contributed by atoms with Crippen LogP contribution in [0.5, 0.6) is 5.75 Å². The van der Waals surface area contributed by atoms with E-state index in [0.717, 1.165) is 18.4 Å². The van der Waals surface area contributed by atoms with Crippen molar-refractivity contribution in [3.8, 4) is 5.75 Å². The van der Waals surface area contributed by atoms with Crippen molar-refractivity contribution >= 4 is 17.5 Å². The van der Waals surface area contributed by atoms with E-state index in [9.17, 15) is 9.59 Å². The summed E-state index contributed by atoms with van der Waals surface area (Å²) in [6.45, 7) is 3.11. The number of hydrogen-bond acceptors (Lipinski definition) is 3. The first-order valence-corrected chi connectivity index (χ1v) is 8.87. The summed E-state index contributed by atoms with van der Waals surface area (Å²) in [6.07, 6.45) is 1.61. The minimum atomic E-state index is -0.205. The van der Waals surface area contributed by atoms with Gasteiger partial charge in [-0.15, -0.1) is 0 Å². The minimum Gasteiger partial charge on any atom is -0.497 e.